The molecule has 0 radical (unpaired) electrons. The predicted molar refractivity (Wildman–Crippen MR) is 68.7 cm³/mol. The minimum absolute atomic E-state index is 0.723. The van der Waals surface area contributed by atoms with Gasteiger partial charge in [0.2, 0.25) is 0 Å². The van der Waals surface area contributed by atoms with Crippen molar-refractivity contribution in [1.82, 2.24) is 15.1 Å². The molecule has 1 N–H and O–H groups in total. The Labute approximate surface area is 100 Å². The van der Waals surface area contributed by atoms with Crippen LogP contribution < -0.4 is 5.32 Å². The molecule has 2 heterocycles. The van der Waals surface area contributed by atoms with Crippen LogP contribution in [-0.2, 0) is 0 Å². The van der Waals surface area contributed by atoms with Gasteiger partial charge in [0.25, 0.3) is 0 Å². The molecule has 2 aliphatic heterocycles. The van der Waals surface area contributed by atoms with E-state index in [9.17, 15) is 0 Å². The molecule has 0 aromatic carbocycles. The first-order valence-corrected chi connectivity index (χ1v) is 6.83. The van der Waals surface area contributed by atoms with Gasteiger partial charge < -0.3 is 5.32 Å². The smallest absolute Gasteiger partial charge is 0.0235 e. The topological polar surface area (TPSA) is 18.5 Å². The first kappa shape index (κ1) is 12.3. The number of nitrogens with zero attached hydrogens (tertiary/aromatic N) is 2. The van der Waals surface area contributed by atoms with E-state index in [4.69, 9.17) is 0 Å². The van der Waals surface area contributed by atoms with Crippen molar-refractivity contribution in [3.8, 4) is 0 Å². The highest BCUT2D eigenvalue weighted by Gasteiger charge is 2.32. The lowest BCUT2D eigenvalue weighted by Gasteiger charge is -2.25. The minimum atomic E-state index is 0.723. The highest BCUT2D eigenvalue weighted by molar-refractivity contribution is 4.89. The summed E-state index contributed by atoms with van der Waals surface area (Å²) in [6, 6.07) is 1.56. The Balaban J connectivity index is 1.78. The van der Waals surface area contributed by atoms with Crippen LogP contribution in [0.1, 0.15) is 26.7 Å². The van der Waals surface area contributed by atoms with Crippen LogP contribution in [0.3, 0.4) is 0 Å². The largest absolute Gasteiger partial charge is 0.319 e. The maximum absolute atomic E-state index is 3.31. The number of nitrogens with one attached hydrogen (secondary N) is 1. The molecular formula is C13H27N3. The van der Waals surface area contributed by atoms with Crippen molar-refractivity contribution < 1.29 is 0 Å². The van der Waals surface area contributed by atoms with Gasteiger partial charge in [0.1, 0.15) is 0 Å². The molecule has 3 heteroatoms. The molecule has 0 aromatic rings. The summed E-state index contributed by atoms with van der Waals surface area (Å²) in [5.74, 6) is 0.887. The normalized spacial score (nSPS) is 33.0. The standard InChI is InChI=1S/C13H27N3/c1-11(2)15-7-5-13(10-15)16-6-4-12(9-16)8-14-3/h11-14H,4-10H2,1-3H3. The van der Waals surface area contributed by atoms with Gasteiger partial charge in [-0.1, -0.05) is 0 Å². The molecule has 2 rings (SSSR count). The molecule has 2 fully saturated rings. The highest BCUT2D eigenvalue weighted by Crippen LogP contribution is 2.24. The van der Waals surface area contributed by atoms with Crippen molar-refractivity contribution in [3.05, 3.63) is 0 Å². The molecule has 2 aliphatic rings. The van der Waals surface area contributed by atoms with Crippen LogP contribution >= 0.6 is 0 Å². The maximum Gasteiger partial charge on any atom is 0.0235 e. The lowest BCUT2D eigenvalue weighted by Crippen LogP contribution is -2.38. The third kappa shape index (κ3) is 2.76. The van der Waals surface area contributed by atoms with Crippen LogP contribution in [-0.4, -0.2) is 61.7 Å². The average molecular weight is 225 g/mol. The third-order valence-electron chi connectivity index (χ3n) is 4.25. The van der Waals surface area contributed by atoms with Gasteiger partial charge in [-0.3, -0.25) is 9.80 Å². The van der Waals surface area contributed by atoms with E-state index in [0.29, 0.717) is 0 Å². The monoisotopic (exact) mass is 225 g/mol. The zero-order valence-electron chi connectivity index (χ0n) is 11.1. The summed E-state index contributed by atoms with van der Waals surface area (Å²) in [4.78, 5) is 5.35. The van der Waals surface area contributed by atoms with Crippen molar-refractivity contribution in [3.63, 3.8) is 0 Å². The van der Waals surface area contributed by atoms with E-state index < -0.39 is 0 Å². The summed E-state index contributed by atoms with van der Waals surface area (Å²) in [7, 11) is 2.07. The Kier molecular flexibility index (Phi) is 4.22. The zero-order chi connectivity index (χ0) is 11.5. The van der Waals surface area contributed by atoms with E-state index >= 15 is 0 Å². The summed E-state index contributed by atoms with van der Waals surface area (Å²) < 4.78 is 0. The lowest BCUT2D eigenvalue weighted by molar-refractivity contribution is 0.208. The van der Waals surface area contributed by atoms with Crippen LogP contribution in [0, 0.1) is 5.92 Å². The molecule has 0 amide bonds. The molecule has 2 saturated heterocycles. The Morgan fingerprint density at radius 1 is 1.19 bits per heavy atom. The molecule has 94 valence electrons. The predicted octanol–water partition coefficient (Wildman–Crippen LogP) is 1.01. The summed E-state index contributed by atoms with van der Waals surface area (Å²) in [6.45, 7) is 11.1. The summed E-state index contributed by atoms with van der Waals surface area (Å²) in [5, 5.41) is 3.31. The SMILES string of the molecule is CNCC1CCN(C2CCN(C(C)C)C2)C1. The summed E-state index contributed by atoms with van der Waals surface area (Å²) in [5.41, 5.74) is 0. The molecule has 3 nitrogen and oxygen atoms in total. The average Bonchev–Trinajstić information content (AvgIpc) is 2.84. The van der Waals surface area contributed by atoms with Crippen molar-refractivity contribution >= 4 is 0 Å². The molecule has 0 saturated carbocycles. The van der Waals surface area contributed by atoms with Gasteiger partial charge in [-0.2, -0.15) is 0 Å². The molecule has 0 spiro atoms. The quantitative estimate of drug-likeness (QED) is 0.770. The van der Waals surface area contributed by atoms with Crippen LogP contribution in [0.5, 0.6) is 0 Å². The molecular weight excluding hydrogens is 198 g/mol. The van der Waals surface area contributed by atoms with Crippen LogP contribution in [0.15, 0.2) is 0 Å². The van der Waals surface area contributed by atoms with Crippen molar-refractivity contribution in [2.24, 2.45) is 5.92 Å². The molecule has 16 heavy (non-hydrogen) atoms. The first-order valence-electron chi connectivity index (χ1n) is 6.83. The number of likely N-dealkylation sites (tertiary alicyclic amines) is 2. The van der Waals surface area contributed by atoms with Crippen molar-refractivity contribution in [2.75, 3.05) is 39.8 Å². The summed E-state index contributed by atoms with van der Waals surface area (Å²) >= 11 is 0. The van der Waals surface area contributed by atoms with Crippen LogP contribution in [0.4, 0.5) is 0 Å². The Morgan fingerprint density at radius 2 is 2.00 bits per heavy atom. The third-order valence-corrected chi connectivity index (χ3v) is 4.25. The lowest BCUT2D eigenvalue weighted by atomic mass is 10.1. The van der Waals surface area contributed by atoms with Crippen molar-refractivity contribution in [1.29, 1.82) is 0 Å². The second kappa shape index (κ2) is 5.48. The summed E-state index contributed by atoms with van der Waals surface area (Å²) in [6.07, 6.45) is 2.77. The minimum Gasteiger partial charge on any atom is -0.319 e. The van der Waals surface area contributed by atoms with Gasteiger partial charge in [-0.25, -0.2) is 0 Å². The van der Waals surface area contributed by atoms with Gasteiger partial charge in [0.15, 0.2) is 0 Å². The molecule has 0 aromatic heterocycles. The van der Waals surface area contributed by atoms with Crippen LogP contribution in [0.25, 0.3) is 0 Å². The molecule has 2 atom stereocenters. The zero-order valence-corrected chi connectivity index (χ0v) is 11.1. The number of rotatable bonds is 4. The maximum atomic E-state index is 3.31. The van der Waals surface area contributed by atoms with E-state index in [2.05, 4.69) is 36.0 Å². The van der Waals surface area contributed by atoms with E-state index in [1.54, 1.807) is 0 Å². The molecule has 0 bridgehead atoms. The Morgan fingerprint density at radius 3 is 2.62 bits per heavy atom. The second-order valence-electron chi connectivity index (χ2n) is 5.74. The molecule has 2 unspecified atom stereocenters. The Hall–Kier alpha value is -0.120. The van der Waals surface area contributed by atoms with Gasteiger partial charge >= 0.3 is 0 Å². The van der Waals surface area contributed by atoms with Gasteiger partial charge in [0.05, 0.1) is 0 Å². The Bertz CT molecular complexity index is 217. The van der Waals surface area contributed by atoms with Crippen LogP contribution in [0.2, 0.25) is 0 Å². The number of hydrogen-bond donors (Lipinski definition) is 1. The fraction of sp³-hybridized carbons (Fsp3) is 1.00. The van der Waals surface area contributed by atoms with Gasteiger partial charge in [-0.15, -0.1) is 0 Å². The molecule has 0 aliphatic carbocycles. The van der Waals surface area contributed by atoms with Gasteiger partial charge in [-0.05, 0) is 52.7 Å². The fourth-order valence-electron chi connectivity index (χ4n) is 3.18. The van der Waals surface area contributed by atoms with E-state index in [0.717, 1.165) is 18.0 Å². The highest BCUT2D eigenvalue weighted by atomic mass is 15.3. The van der Waals surface area contributed by atoms with E-state index in [1.165, 1.54) is 45.6 Å². The second-order valence-corrected chi connectivity index (χ2v) is 5.74. The van der Waals surface area contributed by atoms with Gasteiger partial charge in [0, 0.05) is 31.7 Å². The van der Waals surface area contributed by atoms with E-state index in [-0.39, 0.29) is 0 Å². The van der Waals surface area contributed by atoms with Crippen molar-refractivity contribution in [2.45, 2.75) is 38.8 Å². The first-order chi connectivity index (χ1) is 7.70. The van der Waals surface area contributed by atoms with E-state index in [1.807, 2.05) is 0 Å². The number of hydrogen-bond acceptors (Lipinski definition) is 3. The fourth-order valence-corrected chi connectivity index (χ4v) is 3.18.